The predicted octanol–water partition coefficient (Wildman–Crippen LogP) is 3.60. The molecule has 10 heteroatoms. The zero-order valence-corrected chi connectivity index (χ0v) is 21.4. The summed E-state index contributed by atoms with van der Waals surface area (Å²) in [6, 6.07) is 12.2. The molecule has 1 fully saturated rings. The Morgan fingerprint density at radius 1 is 1.22 bits per heavy atom. The number of carbonyl (C=O) groups is 1. The van der Waals surface area contributed by atoms with E-state index < -0.39 is 16.0 Å². The molecule has 36 heavy (non-hydrogen) atoms. The number of carboxylic acid groups (broad SMARTS) is 1. The highest BCUT2D eigenvalue weighted by molar-refractivity contribution is 7.89. The Labute approximate surface area is 211 Å². The van der Waals surface area contributed by atoms with Gasteiger partial charge in [0.15, 0.2) is 0 Å². The van der Waals surface area contributed by atoms with Gasteiger partial charge in [-0.3, -0.25) is 9.48 Å². The van der Waals surface area contributed by atoms with Crippen molar-refractivity contribution in [3.8, 4) is 5.75 Å². The van der Waals surface area contributed by atoms with Gasteiger partial charge in [0.25, 0.3) is 0 Å². The van der Waals surface area contributed by atoms with Crippen LogP contribution < -0.4 is 4.74 Å². The molecule has 0 amide bonds. The summed E-state index contributed by atoms with van der Waals surface area (Å²) in [7, 11) is -2.25. The summed E-state index contributed by atoms with van der Waals surface area (Å²) in [4.78, 5) is 11.6. The van der Waals surface area contributed by atoms with Crippen molar-refractivity contribution < 1.29 is 27.8 Å². The molecule has 0 aliphatic carbocycles. The monoisotopic (exact) mass is 513 g/mol. The van der Waals surface area contributed by atoms with Crippen LogP contribution in [0.3, 0.4) is 0 Å². The van der Waals surface area contributed by atoms with Gasteiger partial charge in [-0.15, -0.1) is 0 Å². The van der Waals surface area contributed by atoms with Crippen molar-refractivity contribution in [1.82, 2.24) is 14.1 Å². The fourth-order valence-corrected chi connectivity index (χ4v) is 6.38. The largest absolute Gasteiger partial charge is 0.494 e. The Morgan fingerprint density at radius 2 is 2.00 bits per heavy atom. The van der Waals surface area contributed by atoms with E-state index in [1.165, 1.54) is 4.31 Å². The quantitative estimate of drug-likeness (QED) is 0.441. The molecule has 0 bridgehead atoms. The van der Waals surface area contributed by atoms with Crippen LogP contribution in [0.5, 0.6) is 5.75 Å². The molecule has 0 saturated carbocycles. The van der Waals surface area contributed by atoms with Crippen LogP contribution in [0, 0.1) is 5.92 Å². The van der Waals surface area contributed by atoms with Gasteiger partial charge in [-0.2, -0.15) is 9.40 Å². The lowest BCUT2D eigenvalue weighted by atomic mass is 10.1. The van der Waals surface area contributed by atoms with Crippen molar-refractivity contribution in [2.75, 3.05) is 33.4 Å². The fraction of sp³-hybridized carbons (Fsp3) is 0.385. The molecule has 2 atom stereocenters. The number of ether oxygens (including phenoxy) is 2. The molecule has 0 unspecified atom stereocenters. The van der Waals surface area contributed by atoms with Gasteiger partial charge in [0, 0.05) is 25.6 Å². The minimum absolute atomic E-state index is 0.0315. The molecule has 1 aromatic heterocycles. The van der Waals surface area contributed by atoms with Crippen molar-refractivity contribution in [2.24, 2.45) is 5.92 Å². The third-order valence-corrected chi connectivity index (χ3v) is 8.24. The summed E-state index contributed by atoms with van der Waals surface area (Å²) in [5.74, 6) is -0.398. The van der Waals surface area contributed by atoms with E-state index in [1.54, 1.807) is 42.1 Å². The van der Waals surface area contributed by atoms with Crippen LogP contribution in [0.15, 0.2) is 53.4 Å². The molecule has 192 valence electrons. The Hall–Kier alpha value is -3.21. The number of sulfonamides is 1. The second-order valence-electron chi connectivity index (χ2n) is 8.84. The van der Waals surface area contributed by atoms with Gasteiger partial charge in [-0.05, 0) is 42.7 Å². The molecule has 3 aromatic rings. The second kappa shape index (κ2) is 10.8. The highest BCUT2D eigenvalue weighted by Gasteiger charge is 2.40. The number of methoxy groups -OCH3 is 1. The van der Waals surface area contributed by atoms with Crippen LogP contribution >= 0.6 is 0 Å². The number of fused-ring (bicyclic) bond motifs is 1. The molecule has 1 N–H and O–H groups in total. The summed E-state index contributed by atoms with van der Waals surface area (Å²) >= 11 is 0. The average molecular weight is 514 g/mol. The minimum Gasteiger partial charge on any atom is -0.494 e. The molecule has 4 rings (SSSR count). The minimum atomic E-state index is -3.83. The Bertz CT molecular complexity index is 1380. The maximum absolute atomic E-state index is 13.8. The highest BCUT2D eigenvalue weighted by Crippen LogP contribution is 2.36. The van der Waals surface area contributed by atoms with Crippen LogP contribution in [0.4, 0.5) is 0 Å². The lowest BCUT2D eigenvalue weighted by molar-refractivity contribution is -0.136. The Balaban J connectivity index is 1.69. The molecule has 1 aliphatic heterocycles. The first-order valence-electron chi connectivity index (χ1n) is 11.9. The molecule has 2 aromatic carbocycles. The molecule has 1 saturated heterocycles. The maximum Gasteiger partial charge on any atom is 0.309 e. The first-order chi connectivity index (χ1) is 17.3. The molecule has 9 nitrogen and oxygen atoms in total. The zero-order chi connectivity index (χ0) is 25.9. The Kier molecular flexibility index (Phi) is 7.77. The maximum atomic E-state index is 13.8. The van der Waals surface area contributed by atoms with E-state index in [9.17, 15) is 18.3 Å². The number of nitrogens with zero attached hydrogens (tertiary/aromatic N) is 3. The SMILES string of the molecule is CCOc1ccc(S(=O)(=O)N2C[C@@H](C)[C@@H](n3nc(CC(=O)O)c4ccccc43)C2)c(C=CCOC)c1. The van der Waals surface area contributed by atoms with Gasteiger partial charge in [0.2, 0.25) is 10.0 Å². The number of aromatic nitrogens is 2. The first kappa shape index (κ1) is 25.9. The van der Waals surface area contributed by atoms with Crippen molar-refractivity contribution in [1.29, 1.82) is 0 Å². The number of hydrogen-bond acceptors (Lipinski definition) is 6. The molecule has 2 heterocycles. The first-order valence-corrected chi connectivity index (χ1v) is 13.3. The number of carboxylic acids is 1. The standard InChI is InChI=1S/C26H31N3O6S/c1-4-35-20-11-12-25(19(14-20)8-7-13-34-3)36(32,33)28-16-18(2)24(17-28)29-23-10-6-5-9-21(23)22(27-29)15-26(30)31/h5-12,14,18,24H,4,13,15-17H2,1-3H3,(H,30,31)/t18-,24+/m1/s1. The number of rotatable bonds is 10. The van der Waals surface area contributed by atoms with E-state index in [1.807, 2.05) is 38.1 Å². The third kappa shape index (κ3) is 5.16. The fourth-order valence-electron chi connectivity index (χ4n) is 4.66. The summed E-state index contributed by atoms with van der Waals surface area (Å²) in [6.45, 7) is 5.25. The van der Waals surface area contributed by atoms with Gasteiger partial charge >= 0.3 is 5.97 Å². The number of benzene rings is 2. The van der Waals surface area contributed by atoms with E-state index in [2.05, 4.69) is 5.10 Å². The molecular formula is C26H31N3O6S. The summed E-state index contributed by atoms with van der Waals surface area (Å²) < 4.78 is 41.6. The smallest absolute Gasteiger partial charge is 0.309 e. The van der Waals surface area contributed by atoms with Gasteiger partial charge in [0.05, 0.1) is 41.8 Å². The molecule has 1 aliphatic rings. The van der Waals surface area contributed by atoms with E-state index in [0.717, 1.165) is 10.9 Å². The van der Waals surface area contributed by atoms with Gasteiger partial charge in [0.1, 0.15) is 5.75 Å². The van der Waals surface area contributed by atoms with E-state index in [0.29, 0.717) is 36.8 Å². The number of aliphatic carboxylic acids is 1. The van der Waals surface area contributed by atoms with Gasteiger partial charge in [-0.25, -0.2) is 8.42 Å². The van der Waals surface area contributed by atoms with Crippen LogP contribution in [0.1, 0.15) is 31.1 Å². The topological polar surface area (TPSA) is 111 Å². The lowest BCUT2D eigenvalue weighted by Gasteiger charge is -2.19. The lowest BCUT2D eigenvalue weighted by Crippen LogP contribution is -2.30. The molecular weight excluding hydrogens is 482 g/mol. The Morgan fingerprint density at radius 3 is 2.72 bits per heavy atom. The van der Waals surface area contributed by atoms with E-state index in [-0.39, 0.29) is 29.8 Å². The van der Waals surface area contributed by atoms with Crippen molar-refractivity contribution in [3.05, 3.63) is 59.8 Å². The summed E-state index contributed by atoms with van der Waals surface area (Å²) in [6.07, 6.45) is 3.30. The molecule has 0 spiro atoms. The zero-order valence-electron chi connectivity index (χ0n) is 20.6. The van der Waals surface area contributed by atoms with Crippen molar-refractivity contribution in [2.45, 2.75) is 31.2 Å². The van der Waals surface area contributed by atoms with Gasteiger partial charge < -0.3 is 14.6 Å². The normalized spacial score (nSPS) is 18.9. The average Bonchev–Trinajstić information content (AvgIpc) is 3.40. The molecule has 0 radical (unpaired) electrons. The summed E-state index contributed by atoms with van der Waals surface area (Å²) in [5, 5.41) is 14.7. The summed E-state index contributed by atoms with van der Waals surface area (Å²) in [5.41, 5.74) is 1.81. The number of hydrogen-bond donors (Lipinski definition) is 1. The highest BCUT2D eigenvalue weighted by atomic mass is 32.2. The van der Waals surface area contributed by atoms with Gasteiger partial charge in [-0.1, -0.05) is 37.3 Å². The van der Waals surface area contributed by atoms with Crippen LogP contribution in [-0.2, 0) is 26.0 Å². The third-order valence-electron chi connectivity index (χ3n) is 6.33. The predicted molar refractivity (Wildman–Crippen MR) is 137 cm³/mol. The van der Waals surface area contributed by atoms with Crippen LogP contribution in [0.25, 0.3) is 17.0 Å². The van der Waals surface area contributed by atoms with E-state index in [4.69, 9.17) is 9.47 Å². The second-order valence-corrected chi connectivity index (χ2v) is 10.7. The van der Waals surface area contributed by atoms with Crippen LogP contribution in [-0.4, -0.2) is 67.0 Å². The van der Waals surface area contributed by atoms with Crippen molar-refractivity contribution in [3.63, 3.8) is 0 Å². The van der Waals surface area contributed by atoms with Crippen molar-refractivity contribution >= 4 is 33.0 Å². The van der Waals surface area contributed by atoms with E-state index >= 15 is 0 Å². The number of para-hydroxylation sites is 1. The van der Waals surface area contributed by atoms with Crippen LogP contribution in [0.2, 0.25) is 0 Å².